The van der Waals surface area contributed by atoms with Gasteiger partial charge < -0.3 is 9.84 Å². The van der Waals surface area contributed by atoms with Crippen molar-refractivity contribution in [3.8, 4) is 0 Å². The molecule has 1 aliphatic rings. The SMILES string of the molecule is COC(=O)[C@H]1C[C@@H](O)CN1Cc1csc(Cc2ccccc2)n1. The van der Waals surface area contributed by atoms with Crippen LogP contribution in [0.3, 0.4) is 0 Å². The van der Waals surface area contributed by atoms with Crippen molar-refractivity contribution in [3.05, 3.63) is 52.0 Å². The third kappa shape index (κ3) is 3.96. The van der Waals surface area contributed by atoms with E-state index in [1.165, 1.54) is 12.7 Å². The summed E-state index contributed by atoms with van der Waals surface area (Å²) in [6.45, 7) is 1.04. The molecule has 1 aliphatic heterocycles. The van der Waals surface area contributed by atoms with E-state index in [1.54, 1.807) is 11.3 Å². The Labute approximate surface area is 139 Å². The van der Waals surface area contributed by atoms with Crippen LogP contribution in [0.25, 0.3) is 0 Å². The number of rotatable bonds is 5. The summed E-state index contributed by atoms with van der Waals surface area (Å²) < 4.78 is 4.83. The van der Waals surface area contributed by atoms with Crippen LogP contribution in [0.1, 0.15) is 22.7 Å². The van der Waals surface area contributed by atoms with E-state index in [9.17, 15) is 9.90 Å². The Morgan fingerprint density at radius 3 is 2.96 bits per heavy atom. The first kappa shape index (κ1) is 16.1. The van der Waals surface area contributed by atoms with Crippen molar-refractivity contribution in [2.75, 3.05) is 13.7 Å². The van der Waals surface area contributed by atoms with Crippen molar-refractivity contribution < 1.29 is 14.6 Å². The minimum atomic E-state index is -0.485. The molecule has 0 unspecified atom stereocenters. The minimum Gasteiger partial charge on any atom is -0.468 e. The molecule has 5 nitrogen and oxygen atoms in total. The molecule has 1 aromatic heterocycles. The summed E-state index contributed by atoms with van der Waals surface area (Å²) in [5.74, 6) is -0.290. The highest BCUT2D eigenvalue weighted by Crippen LogP contribution is 2.23. The van der Waals surface area contributed by atoms with Crippen molar-refractivity contribution in [2.24, 2.45) is 0 Å². The van der Waals surface area contributed by atoms with Crippen LogP contribution in [0.5, 0.6) is 0 Å². The number of nitrogens with zero attached hydrogens (tertiary/aromatic N) is 2. The number of likely N-dealkylation sites (tertiary alicyclic amines) is 1. The average molecular weight is 332 g/mol. The van der Waals surface area contributed by atoms with Gasteiger partial charge in [0.2, 0.25) is 0 Å². The summed E-state index contributed by atoms with van der Waals surface area (Å²) in [6, 6.07) is 9.85. The van der Waals surface area contributed by atoms with Gasteiger partial charge in [0, 0.05) is 31.3 Å². The summed E-state index contributed by atoms with van der Waals surface area (Å²) in [4.78, 5) is 18.4. The maximum absolute atomic E-state index is 11.8. The Bertz CT molecular complexity index is 659. The van der Waals surface area contributed by atoms with Crippen LogP contribution in [-0.2, 0) is 22.5 Å². The van der Waals surface area contributed by atoms with Crippen molar-refractivity contribution in [2.45, 2.75) is 31.5 Å². The number of methoxy groups -OCH3 is 1. The Balaban J connectivity index is 1.65. The standard InChI is InChI=1S/C17H20N2O3S/c1-22-17(21)15-8-14(20)10-19(15)9-13-11-23-16(18-13)7-12-5-3-2-4-6-12/h2-6,11,14-15,20H,7-10H2,1H3/t14-,15-/m1/s1. The van der Waals surface area contributed by atoms with Crippen molar-refractivity contribution >= 4 is 17.3 Å². The molecule has 1 saturated heterocycles. The molecule has 3 rings (SSSR count). The van der Waals surface area contributed by atoms with Gasteiger partial charge >= 0.3 is 5.97 Å². The number of aliphatic hydroxyl groups is 1. The minimum absolute atomic E-state index is 0.290. The van der Waals surface area contributed by atoms with Crippen LogP contribution >= 0.6 is 11.3 Å². The predicted octanol–water partition coefficient (Wildman–Crippen LogP) is 1.84. The molecule has 1 fully saturated rings. The highest BCUT2D eigenvalue weighted by atomic mass is 32.1. The van der Waals surface area contributed by atoms with E-state index in [0.717, 1.165) is 17.1 Å². The number of carbonyl (C=O) groups is 1. The molecule has 0 amide bonds. The lowest BCUT2D eigenvalue weighted by atomic mass is 10.2. The number of esters is 1. The average Bonchev–Trinajstić information content (AvgIpc) is 3.14. The first-order valence-electron chi connectivity index (χ1n) is 7.63. The number of aromatic nitrogens is 1. The van der Waals surface area contributed by atoms with Gasteiger partial charge in [-0.3, -0.25) is 9.69 Å². The second-order valence-corrected chi connectivity index (χ2v) is 6.70. The number of aliphatic hydroxyl groups excluding tert-OH is 1. The molecule has 0 radical (unpaired) electrons. The summed E-state index contributed by atoms with van der Waals surface area (Å²) in [7, 11) is 1.38. The number of carbonyl (C=O) groups excluding carboxylic acids is 1. The Morgan fingerprint density at radius 2 is 2.22 bits per heavy atom. The van der Waals surface area contributed by atoms with Gasteiger partial charge in [0.05, 0.1) is 23.9 Å². The number of benzene rings is 1. The molecule has 0 bridgehead atoms. The number of hydrogen-bond acceptors (Lipinski definition) is 6. The molecule has 2 atom stereocenters. The molecule has 1 aromatic carbocycles. The molecule has 0 spiro atoms. The predicted molar refractivity (Wildman–Crippen MR) is 88.2 cm³/mol. The van der Waals surface area contributed by atoms with Gasteiger partial charge in [-0.25, -0.2) is 4.98 Å². The van der Waals surface area contributed by atoms with Crippen molar-refractivity contribution in [1.29, 1.82) is 0 Å². The molecule has 23 heavy (non-hydrogen) atoms. The lowest BCUT2D eigenvalue weighted by Crippen LogP contribution is -2.36. The molecular weight excluding hydrogens is 312 g/mol. The molecular formula is C17H20N2O3S. The third-order valence-electron chi connectivity index (χ3n) is 4.02. The van der Waals surface area contributed by atoms with Gasteiger partial charge in [-0.2, -0.15) is 0 Å². The summed E-state index contributed by atoms with van der Waals surface area (Å²) >= 11 is 1.63. The van der Waals surface area contributed by atoms with Gasteiger partial charge in [0.1, 0.15) is 6.04 Å². The van der Waals surface area contributed by atoms with E-state index in [-0.39, 0.29) is 12.0 Å². The fourth-order valence-corrected chi connectivity index (χ4v) is 3.74. The monoisotopic (exact) mass is 332 g/mol. The van der Waals surface area contributed by atoms with Gasteiger partial charge in [-0.05, 0) is 5.56 Å². The van der Waals surface area contributed by atoms with E-state index in [4.69, 9.17) is 4.74 Å². The Kier molecular flexibility index (Phi) is 5.05. The number of β-amino-alcohol motifs (C(OH)–C–C–N with tert-alkyl or cyclic N) is 1. The maximum atomic E-state index is 11.8. The van der Waals surface area contributed by atoms with Gasteiger partial charge in [-0.1, -0.05) is 30.3 Å². The largest absolute Gasteiger partial charge is 0.468 e. The quantitative estimate of drug-likeness (QED) is 0.847. The molecule has 2 heterocycles. The van der Waals surface area contributed by atoms with E-state index >= 15 is 0 Å². The molecule has 0 saturated carbocycles. The molecule has 6 heteroatoms. The zero-order valence-electron chi connectivity index (χ0n) is 13.0. The summed E-state index contributed by atoms with van der Waals surface area (Å²) in [5.41, 5.74) is 2.17. The number of hydrogen-bond donors (Lipinski definition) is 1. The topological polar surface area (TPSA) is 62.7 Å². The second-order valence-electron chi connectivity index (χ2n) is 5.75. The van der Waals surface area contributed by atoms with Gasteiger partial charge in [0.15, 0.2) is 0 Å². The van der Waals surface area contributed by atoms with Crippen LogP contribution < -0.4 is 0 Å². The lowest BCUT2D eigenvalue weighted by molar-refractivity contribution is -0.146. The summed E-state index contributed by atoms with van der Waals surface area (Å²) in [6.07, 6.45) is 0.754. The van der Waals surface area contributed by atoms with Crippen LogP contribution in [0.4, 0.5) is 0 Å². The summed E-state index contributed by atoms with van der Waals surface area (Å²) in [5, 5.41) is 12.9. The van der Waals surface area contributed by atoms with Gasteiger partial charge in [-0.15, -0.1) is 11.3 Å². The third-order valence-corrected chi connectivity index (χ3v) is 4.91. The molecule has 0 aliphatic carbocycles. The van der Waals surface area contributed by atoms with Crippen LogP contribution in [0.2, 0.25) is 0 Å². The smallest absolute Gasteiger partial charge is 0.323 e. The van der Waals surface area contributed by atoms with Crippen molar-refractivity contribution in [1.82, 2.24) is 9.88 Å². The second kappa shape index (κ2) is 7.21. The zero-order valence-corrected chi connectivity index (χ0v) is 13.8. The lowest BCUT2D eigenvalue weighted by Gasteiger charge is -2.20. The van der Waals surface area contributed by atoms with Crippen LogP contribution in [0.15, 0.2) is 35.7 Å². The van der Waals surface area contributed by atoms with E-state index in [0.29, 0.717) is 19.5 Å². The van der Waals surface area contributed by atoms with Crippen LogP contribution in [-0.4, -0.2) is 46.8 Å². The van der Waals surface area contributed by atoms with E-state index < -0.39 is 6.10 Å². The Morgan fingerprint density at radius 1 is 1.43 bits per heavy atom. The zero-order chi connectivity index (χ0) is 16.2. The van der Waals surface area contributed by atoms with E-state index in [2.05, 4.69) is 17.1 Å². The maximum Gasteiger partial charge on any atom is 0.323 e. The number of thiazole rings is 1. The first-order valence-corrected chi connectivity index (χ1v) is 8.51. The fourth-order valence-electron chi connectivity index (χ4n) is 2.92. The highest BCUT2D eigenvalue weighted by molar-refractivity contribution is 7.09. The van der Waals surface area contributed by atoms with Crippen molar-refractivity contribution in [3.63, 3.8) is 0 Å². The molecule has 122 valence electrons. The molecule has 1 N–H and O–H groups in total. The normalized spacial score (nSPS) is 21.5. The fraction of sp³-hybridized carbons (Fsp3) is 0.412. The molecule has 2 aromatic rings. The number of ether oxygens (including phenoxy) is 1. The highest BCUT2D eigenvalue weighted by Gasteiger charge is 2.36. The van der Waals surface area contributed by atoms with Crippen LogP contribution in [0, 0.1) is 0 Å². The Hall–Kier alpha value is -1.76. The first-order chi connectivity index (χ1) is 11.2. The van der Waals surface area contributed by atoms with E-state index in [1.807, 2.05) is 28.5 Å². The van der Waals surface area contributed by atoms with Gasteiger partial charge in [0.25, 0.3) is 0 Å².